The van der Waals surface area contributed by atoms with E-state index in [1.807, 2.05) is 0 Å². The molecule has 0 aromatic rings. The van der Waals surface area contributed by atoms with Gasteiger partial charge in [-0.15, -0.1) is 0 Å². The van der Waals surface area contributed by atoms with Crippen LogP contribution in [0.3, 0.4) is 0 Å². The molecule has 6 heteroatoms. The molecule has 0 unspecified atom stereocenters. The van der Waals surface area contributed by atoms with Crippen molar-refractivity contribution < 1.29 is 14.4 Å². The first-order valence-electron chi connectivity index (χ1n) is 8.10. The second kappa shape index (κ2) is 11.9. The highest BCUT2D eigenvalue weighted by Gasteiger charge is 2.23. The number of hydrogen-bond donors (Lipinski definition) is 1. The lowest BCUT2D eigenvalue weighted by Gasteiger charge is -2.17. The summed E-state index contributed by atoms with van der Waals surface area (Å²) in [6, 6.07) is 0. The van der Waals surface area contributed by atoms with E-state index in [1.165, 1.54) is 0 Å². The summed E-state index contributed by atoms with van der Waals surface area (Å²) in [6.07, 6.45) is 6.29. The summed E-state index contributed by atoms with van der Waals surface area (Å²) >= 11 is 3.45. The molecule has 0 fully saturated rings. The van der Waals surface area contributed by atoms with E-state index < -0.39 is 0 Å². The number of nitrogens with two attached hydrogens (primary N) is 1. The van der Waals surface area contributed by atoms with E-state index in [0.29, 0.717) is 25.7 Å². The molecule has 0 spiro atoms. The molecule has 0 aliphatic carbocycles. The van der Waals surface area contributed by atoms with Crippen molar-refractivity contribution in [1.82, 2.24) is 0 Å². The maximum absolute atomic E-state index is 12.5. The van der Waals surface area contributed by atoms with Gasteiger partial charge in [-0.1, -0.05) is 12.2 Å². The summed E-state index contributed by atoms with van der Waals surface area (Å²) in [5, 5.41) is 0. The third-order valence-corrected chi connectivity index (χ3v) is 6.06. The quantitative estimate of drug-likeness (QED) is 0.762. The van der Waals surface area contributed by atoms with Crippen LogP contribution in [-0.4, -0.2) is 46.9 Å². The van der Waals surface area contributed by atoms with Gasteiger partial charge in [0.15, 0.2) is 0 Å². The van der Waals surface area contributed by atoms with Crippen LogP contribution in [0.2, 0.25) is 0 Å². The van der Waals surface area contributed by atoms with E-state index in [9.17, 15) is 14.4 Å². The fourth-order valence-electron chi connectivity index (χ4n) is 2.43. The molecule has 0 bridgehead atoms. The lowest BCUT2D eigenvalue weighted by atomic mass is 9.92. The number of thioether (sulfide) groups is 2. The van der Waals surface area contributed by atoms with E-state index >= 15 is 0 Å². The molecule has 0 aromatic heterocycles. The van der Waals surface area contributed by atoms with E-state index in [0.717, 1.165) is 23.0 Å². The van der Waals surface area contributed by atoms with Gasteiger partial charge in [0, 0.05) is 47.7 Å². The average molecular weight is 358 g/mol. The zero-order valence-corrected chi connectivity index (χ0v) is 15.4. The highest BCUT2D eigenvalue weighted by Crippen LogP contribution is 2.22. The second-order valence-electron chi connectivity index (χ2n) is 5.86. The average Bonchev–Trinajstić information content (AvgIpc) is 2.54. The van der Waals surface area contributed by atoms with E-state index in [-0.39, 0.29) is 35.7 Å². The molecular weight excluding hydrogens is 330 g/mol. The number of ketones is 3. The van der Waals surface area contributed by atoms with Crippen molar-refractivity contribution in [3.63, 3.8) is 0 Å². The Kier molecular flexibility index (Phi) is 10.6. The summed E-state index contributed by atoms with van der Waals surface area (Å²) in [5.74, 6) is 3.37. The van der Waals surface area contributed by atoms with Gasteiger partial charge in [-0.2, -0.15) is 23.5 Å². The minimum atomic E-state index is -0.135. The number of Topliss-reactive ketones (excluding diaryl/α,β-unsaturated/α-hetero) is 3. The highest BCUT2D eigenvalue weighted by molar-refractivity contribution is 7.99. The van der Waals surface area contributed by atoms with Gasteiger partial charge in [-0.25, -0.2) is 0 Å². The van der Waals surface area contributed by atoms with Crippen LogP contribution in [0.1, 0.15) is 32.6 Å². The van der Waals surface area contributed by atoms with Crippen molar-refractivity contribution in [2.24, 2.45) is 17.6 Å². The second-order valence-corrected chi connectivity index (χ2v) is 8.01. The normalized spacial score (nSPS) is 25.7. The molecule has 0 saturated heterocycles. The number of rotatable bonds is 5. The molecule has 0 amide bonds. The fourth-order valence-corrected chi connectivity index (χ4v) is 4.52. The molecule has 0 saturated carbocycles. The smallest absolute Gasteiger partial charge is 0.150 e. The Morgan fingerprint density at radius 3 is 2.48 bits per heavy atom. The molecule has 2 atom stereocenters. The van der Waals surface area contributed by atoms with E-state index in [1.54, 1.807) is 30.4 Å². The van der Waals surface area contributed by atoms with Crippen molar-refractivity contribution in [1.29, 1.82) is 0 Å². The standard InChI is InChI=1S/C17H27NO3S2/c1-13(19)4-5-14-11-22-8-2-3-9-23-12-15(17(21)10-18)6-7-16(14)20/h2-3,14-15H,4-12,18H2,1H3/b3-2-/t14-,15-/m0/s1. The predicted octanol–water partition coefficient (Wildman–Crippen LogP) is 2.50. The van der Waals surface area contributed by atoms with Crippen LogP contribution in [-0.2, 0) is 14.4 Å². The summed E-state index contributed by atoms with van der Waals surface area (Å²) in [7, 11) is 0. The van der Waals surface area contributed by atoms with Gasteiger partial charge < -0.3 is 10.5 Å². The van der Waals surface area contributed by atoms with Crippen LogP contribution in [0.25, 0.3) is 0 Å². The van der Waals surface area contributed by atoms with Gasteiger partial charge in [0.25, 0.3) is 0 Å². The van der Waals surface area contributed by atoms with Crippen molar-refractivity contribution in [2.75, 3.05) is 29.6 Å². The Morgan fingerprint density at radius 1 is 1.22 bits per heavy atom. The summed E-state index contributed by atoms with van der Waals surface area (Å²) < 4.78 is 0. The Bertz CT molecular complexity index is 438. The van der Waals surface area contributed by atoms with E-state index in [4.69, 9.17) is 5.73 Å². The third-order valence-electron chi connectivity index (χ3n) is 3.93. The summed E-state index contributed by atoms with van der Waals surface area (Å²) in [4.78, 5) is 35.6. The van der Waals surface area contributed by atoms with Gasteiger partial charge in [0.2, 0.25) is 0 Å². The van der Waals surface area contributed by atoms with Gasteiger partial charge >= 0.3 is 0 Å². The Morgan fingerprint density at radius 2 is 1.87 bits per heavy atom. The van der Waals surface area contributed by atoms with Crippen LogP contribution in [0.4, 0.5) is 0 Å². The molecule has 1 rings (SSSR count). The first-order chi connectivity index (χ1) is 11.0. The highest BCUT2D eigenvalue weighted by atomic mass is 32.2. The molecule has 1 aliphatic rings. The van der Waals surface area contributed by atoms with Crippen LogP contribution in [0.15, 0.2) is 12.2 Å². The van der Waals surface area contributed by atoms with Crippen LogP contribution < -0.4 is 5.73 Å². The minimum absolute atomic E-state index is 0.0405. The first-order valence-corrected chi connectivity index (χ1v) is 10.4. The van der Waals surface area contributed by atoms with Gasteiger partial charge in [0.05, 0.1) is 6.54 Å². The van der Waals surface area contributed by atoms with Gasteiger partial charge in [-0.05, 0) is 19.8 Å². The Labute approximate surface area is 147 Å². The summed E-state index contributed by atoms with van der Waals surface area (Å²) in [6.45, 7) is 1.60. The zero-order valence-electron chi connectivity index (χ0n) is 13.8. The van der Waals surface area contributed by atoms with Crippen LogP contribution in [0, 0.1) is 11.8 Å². The molecule has 1 aliphatic heterocycles. The number of carbonyl (C=O) groups excluding carboxylic acids is 3. The molecule has 0 aromatic carbocycles. The van der Waals surface area contributed by atoms with E-state index in [2.05, 4.69) is 12.2 Å². The number of hydrogen-bond acceptors (Lipinski definition) is 6. The van der Waals surface area contributed by atoms with Crippen LogP contribution >= 0.6 is 23.5 Å². The Hall–Kier alpha value is -0.590. The molecule has 23 heavy (non-hydrogen) atoms. The van der Waals surface area contributed by atoms with Gasteiger partial charge in [-0.3, -0.25) is 9.59 Å². The Balaban J connectivity index is 2.70. The van der Waals surface area contributed by atoms with Crippen molar-refractivity contribution in [3.05, 3.63) is 12.2 Å². The topological polar surface area (TPSA) is 77.2 Å². The molecule has 2 N–H and O–H groups in total. The van der Waals surface area contributed by atoms with Gasteiger partial charge in [0.1, 0.15) is 17.3 Å². The predicted molar refractivity (Wildman–Crippen MR) is 99.0 cm³/mol. The maximum atomic E-state index is 12.5. The lowest BCUT2D eigenvalue weighted by molar-refractivity contribution is -0.124. The minimum Gasteiger partial charge on any atom is -0.324 e. The van der Waals surface area contributed by atoms with Crippen molar-refractivity contribution in [2.45, 2.75) is 32.6 Å². The first kappa shape index (κ1) is 20.5. The molecular formula is C17H27NO3S2. The third kappa shape index (κ3) is 8.72. The monoisotopic (exact) mass is 357 g/mol. The zero-order chi connectivity index (χ0) is 17.1. The number of carbonyl (C=O) groups is 3. The fraction of sp³-hybridized carbons (Fsp3) is 0.706. The molecule has 130 valence electrons. The maximum Gasteiger partial charge on any atom is 0.150 e. The largest absolute Gasteiger partial charge is 0.324 e. The summed E-state index contributed by atoms with van der Waals surface area (Å²) in [5.41, 5.74) is 5.49. The molecule has 4 nitrogen and oxygen atoms in total. The molecule has 1 heterocycles. The SMILES string of the molecule is CC(=O)CC[C@H]1CSC/C=C\CSC[C@@H](C(=O)CN)CCC1=O. The lowest BCUT2D eigenvalue weighted by Crippen LogP contribution is -2.27. The van der Waals surface area contributed by atoms with Crippen LogP contribution in [0.5, 0.6) is 0 Å². The molecule has 0 radical (unpaired) electrons. The van der Waals surface area contributed by atoms with Crippen molar-refractivity contribution in [3.8, 4) is 0 Å². The van der Waals surface area contributed by atoms with Crippen molar-refractivity contribution >= 4 is 40.9 Å².